The second kappa shape index (κ2) is 5.51. The molecule has 2 aliphatic rings. The Morgan fingerprint density at radius 3 is 2.57 bits per heavy atom. The van der Waals surface area contributed by atoms with Gasteiger partial charge in [-0.05, 0) is 55.0 Å². The van der Waals surface area contributed by atoms with E-state index in [1.807, 2.05) is 0 Å². The maximum Gasteiger partial charge on any atom is 0.0289 e. The third-order valence-corrected chi connectivity index (χ3v) is 6.44. The van der Waals surface area contributed by atoms with E-state index in [-0.39, 0.29) is 0 Å². The fourth-order valence-electron chi connectivity index (χ4n) is 3.77. The van der Waals surface area contributed by atoms with E-state index in [4.69, 9.17) is 0 Å². The number of rotatable bonds is 4. The predicted octanol–water partition coefficient (Wildman–Crippen LogP) is 4.02. The number of thioether (sulfide) groups is 1. The van der Waals surface area contributed by atoms with E-state index in [2.05, 4.69) is 72.7 Å². The molecule has 3 unspecified atom stereocenters. The first-order valence-electron chi connectivity index (χ1n) is 7.85. The molecule has 1 nitrogen and oxygen atoms in total. The van der Waals surface area contributed by atoms with Crippen LogP contribution in [-0.2, 0) is 12.8 Å². The Balaban J connectivity index is 1.46. The molecular weight excluding hydrogens is 274 g/mol. The number of hydrogen-bond acceptors (Lipinski definition) is 2. The van der Waals surface area contributed by atoms with Gasteiger partial charge in [-0.2, -0.15) is 0 Å². The van der Waals surface area contributed by atoms with Crippen LogP contribution in [0.15, 0.2) is 53.4 Å². The standard InChI is InChI=1S/C19H21NS/c1-20-17(11-15-10-13-6-2-4-8-16(13)15)19-12-14-7-3-5-9-18(14)21-19/h2-9,15,17,19-20H,10-12H2,1H3. The van der Waals surface area contributed by atoms with Crippen LogP contribution in [0, 0.1) is 0 Å². The largest absolute Gasteiger partial charge is 0.316 e. The summed E-state index contributed by atoms with van der Waals surface area (Å²) in [6, 6.07) is 18.4. The van der Waals surface area contributed by atoms with Crippen LogP contribution in [0.25, 0.3) is 0 Å². The lowest BCUT2D eigenvalue weighted by Crippen LogP contribution is -2.38. The van der Waals surface area contributed by atoms with E-state index in [9.17, 15) is 0 Å². The second-order valence-corrected chi connectivity index (χ2v) is 7.48. The molecule has 0 radical (unpaired) electrons. The molecule has 0 fully saturated rings. The van der Waals surface area contributed by atoms with Gasteiger partial charge in [0, 0.05) is 16.2 Å². The molecule has 0 aromatic heterocycles. The van der Waals surface area contributed by atoms with Gasteiger partial charge in [0.05, 0.1) is 0 Å². The average Bonchev–Trinajstić information content (AvgIpc) is 2.92. The summed E-state index contributed by atoms with van der Waals surface area (Å²) in [7, 11) is 2.12. The summed E-state index contributed by atoms with van der Waals surface area (Å²) in [5, 5.41) is 4.27. The van der Waals surface area contributed by atoms with Crippen LogP contribution in [-0.4, -0.2) is 18.3 Å². The SMILES string of the molecule is CNC(CC1Cc2ccccc21)C1Cc2ccccc2S1. The highest BCUT2D eigenvalue weighted by Gasteiger charge is 2.33. The monoisotopic (exact) mass is 295 g/mol. The first-order chi connectivity index (χ1) is 10.3. The van der Waals surface area contributed by atoms with Gasteiger partial charge in [-0.25, -0.2) is 0 Å². The molecule has 4 rings (SSSR count). The fraction of sp³-hybridized carbons (Fsp3) is 0.368. The summed E-state index contributed by atoms with van der Waals surface area (Å²) in [6.45, 7) is 0. The van der Waals surface area contributed by atoms with Crippen molar-refractivity contribution in [1.29, 1.82) is 0 Å². The first-order valence-corrected chi connectivity index (χ1v) is 8.72. The smallest absolute Gasteiger partial charge is 0.0289 e. The molecule has 1 aliphatic heterocycles. The van der Waals surface area contributed by atoms with Gasteiger partial charge < -0.3 is 5.32 Å². The lowest BCUT2D eigenvalue weighted by molar-refractivity contribution is 0.430. The molecule has 108 valence electrons. The minimum Gasteiger partial charge on any atom is -0.316 e. The molecule has 2 aromatic carbocycles. The Bertz CT molecular complexity index is 627. The quantitative estimate of drug-likeness (QED) is 0.914. The topological polar surface area (TPSA) is 12.0 Å². The number of nitrogens with one attached hydrogen (secondary N) is 1. The van der Waals surface area contributed by atoms with Crippen LogP contribution in [0.5, 0.6) is 0 Å². The summed E-state index contributed by atoms with van der Waals surface area (Å²) >= 11 is 2.06. The minimum absolute atomic E-state index is 0.598. The molecule has 1 N–H and O–H groups in total. The summed E-state index contributed by atoms with van der Waals surface area (Å²) in [4.78, 5) is 1.48. The third kappa shape index (κ3) is 2.41. The van der Waals surface area contributed by atoms with Gasteiger partial charge in [0.2, 0.25) is 0 Å². The normalized spacial score (nSPS) is 24.0. The van der Waals surface area contributed by atoms with Crippen molar-refractivity contribution >= 4 is 11.8 Å². The van der Waals surface area contributed by atoms with Gasteiger partial charge in [0.1, 0.15) is 0 Å². The zero-order valence-electron chi connectivity index (χ0n) is 12.4. The molecule has 1 heterocycles. The molecule has 0 saturated carbocycles. The van der Waals surface area contributed by atoms with Gasteiger partial charge >= 0.3 is 0 Å². The molecular formula is C19H21NS. The second-order valence-electron chi connectivity index (χ2n) is 6.20. The Labute approximate surface area is 131 Å². The van der Waals surface area contributed by atoms with Gasteiger partial charge in [0.15, 0.2) is 0 Å². The van der Waals surface area contributed by atoms with Crippen molar-refractivity contribution in [3.63, 3.8) is 0 Å². The molecule has 0 bridgehead atoms. The number of fused-ring (bicyclic) bond motifs is 2. The molecule has 2 aromatic rings. The van der Waals surface area contributed by atoms with Crippen LogP contribution < -0.4 is 5.32 Å². The summed E-state index contributed by atoms with van der Waals surface area (Å²) in [6.07, 6.45) is 3.73. The molecule has 0 saturated heterocycles. The molecule has 2 heteroatoms. The Morgan fingerprint density at radius 1 is 1.05 bits per heavy atom. The van der Waals surface area contributed by atoms with E-state index >= 15 is 0 Å². The zero-order chi connectivity index (χ0) is 14.2. The Kier molecular flexibility index (Phi) is 3.52. The maximum atomic E-state index is 3.59. The van der Waals surface area contributed by atoms with Crippen LogP contribution in [0.1, 0.15) is 29.0 Å². The van der Waals surface area contributed by atoms with E-state index in [1.54, 1.807) is 11.1 Å². The maximum absolute atomic E-state index is 3.59. The van der Waals surface area contributed by atoms with Crippen LogP contribution in [0.2, 0.25) is 0 Å². The summed E-state index contributed by atoms with van der Waals surface area (Å²) in [5.74, 6) is 0.753. The zero-order valence-corrected chi connectivity index (χ0v) is 13.2. The van der Waals surface area contributed by atoms with Gasteiger partial charge in [-0.1, -0.05) is 42.5 Å². The van der Waals surface area contributed by atoms with Gasteiger partial charge in [-0.15, -0.1) is 11.8 Å². The van der Waals surface area contributed by atoms with Crippen molar-refractivity contribution in [2.24, 2.45) is 0 Å². The molecule has 0 spiro atoms. The molecule has 1 aliphatic carbocycles. The highest BCUT2D eigenvalue weighted by atomic mass is 32.2. The van der Waals surface area contributed by atoms with Crippen LogP contribution in [0.3, 0.4) is 0 Å². The van der Waals surface area contributed by atoms with Crippen molar-refractivity contribution < 1.29 is 0 Å². The van der Waals surface area contributed by atoms with E-state index in [0.29, 0.717) is 11.3 Å². The Morgan fingerprint density at radius 2 is 1.81 bits per heavy atom. The number of hydrogen-bond donors (Lipinski definition) is 1. The van der Waals surface area contributed by atoms with Crippen molar-refractivity contribution in [2.75, 3.05) is 7.05 Å². The lowest BCUT2D eigenvalue weighted by atomic mass is 9.74. The van der Waals surface area contributed by atoms with Crippen molar-refractivity contribution in [3.8, 4) is 0 Å². The predicted molar refractivity (Wildman–Crippen MR) is 90.1 cm³/mol. The van der Waals surface area contributed by atoms with E-state index in [0.717, 1.165) is 5.92 Å². The average molecular weight is 295 g/mol. The minimum atomic E-state index is 0.598. The third-order valence-electron chi connectivity index (χ3n) is 4.99. The lowest BCUT2D eigenvalue weighted by Gasteiger charge is -2.34. The summed E-state index contributed by atoms with van der Waals surface area (Å²) in [5.41, 5.74) is 4.67. The van der Waals surface area contributed by atoms with Crippen molar-refractivity contribution in [1.82, 2.24) is 5.32 Å². The Hall–Kier alpha value is -1.25. The van der Waals surface area contributed by atoms with Crippen molar-refractivity contribution in [2.45, 2.75) is 41.4 Å². The summed E-state index contributed by atoms with van der Waals surface area (Å²) < 4.78 is 0. The highest BCUT2D eigenvalue weighted by Crippen LogP contribution is 2.43. The highest BCUT2D eigenvalue weighted by molar-refractivity contribution is 8.00. The fourth-order valence-corrected chi connectivity index (χ4v) is 5.23. The van der Waals surface area contributed by atoms with E-state index < -0.39 is 0 Å². The molecule has 0 amide bonds. The van der Waals surface area contributed by atoms with Crippen LogP contribution in [0.4, 0.5) is 0 Å². The number of benzene rings is 2. The first kappa shape index (κ1) is 13.4. The van der Waals surface area contributed by atoms with Gasteiger partial charge in [0.25, 0.3) is 0 Å². The van der Waals surface area contributed by atoms with E-state index in [1.165, 1.54) is 29.7 Å². The molecule has 21 heavy (non-hydrogen) atoms. The van der Waals surface area contributed by atoms with Gasteiger partial charge in [-0.3, -0.25) is 0 Å². The molecule has 3 atom stereocenters. The van der Waals surface area contributed by atoms with Crippen LogP contribution >= 0.6 is 11.8 Å². The van der Waals surface area contributed by atoms with Crippen molar-refractivity contribution in [3.05, 3.63) is 65.2 Å².